The minimum absolute atomic E-state index is 0.190. The van der Waals surface area contributed by atoms with Gasteiger partial charge < -0.3 is 19.9 Å². The molecule has 2 amide bonds. The summed E-state index contributed by atoms with van der Waals surface area (Å²) in [5.74, 6) is -0.190. The third kappa shape index (κ3) is 6.42. The van der Waals surface area contributed by atoms with Crippen LogP contribution in [0.2, 0.25) is 19.6 Å². The van der Waals surface area contributed by atoms with E-state index in [-0.39, 0.29) is 18.0 Å². The van der Waals surface area contributed by atoms with Crippen molar-refractivity contribution in [1.29, 1.82) is 0 Å². The molecule has 0 radical (unpaired) electrons. The number of methoxy groups -OCH3 is 1. The number of benzene rings is 2. The Kier molecular flexibility index (Phi) is 7.50. The second-order valence-corrected chi connectivity index (χ2v) is 13.8. The molecule has 0 bridgehead atoms. The zero-order chi connectivity index (χ0) is 24.0. The van der Waals surface area contributed by atoms with Crippen molar-refractivity contribution in [2.45, 2.75) is 32.2 Å². The maximum absolute atomic E-state index is 13.2. The summed E-state index contributed by atoms with van der Waals surface area (Å²) >= 11 is 0. The van der Waals surface area contributed by atoms with E-state index in [1.807, 2.05) is 24.3 Å². The van der Waals surface area contributed by atoms with Gasteiger partial charge in [-0.25, -0.2) is 0 Å². The highest BCUT2D eigenvalue weighted by Gasteiger charge is 2.24. The maximum Gasteiger partial charge on any atom is 0.251 e. The van der Waals surface area contributed by atoms with E-state index in [0.717, 1.165) is 0 Å². The number of carbonyl (C=O) groups is 2. The van der Waals surface area contributed by atoms with Gasteiger partial charge in [-0.3, -0.25) is 14.4 Å². The fourth-order valence-electron chi connectivity index (χ4n) is 3.32. The Balaban J connectivity index is 1.81. The highest BCUT2D eigenvalue weighted by molar-refractivity contribution is 6.88. The molecule has 1 unspecified atom stereocenters. The summed E-state index contributed by atoms with van der Waals surface area (Å²) in [6.07, 6.45) is 1.53. The molecule has 3 rings (SSSR count). The first-order chi connectivity index (χ1) is 15.7. The summed E-state index contributed by atoms with van der Waals surface area (Å²) in [6.45, 7) is 6.58. The van der Waals surface area contributed by atoms with E-state index in [2.05, 4.69) is 30.3 Å². The van der Waals surface area contributed by atoms with Gasteiger partial charge in [0.05, 0.1) is 15.2 Å². The average Bonchev–Trinajstić information content (AvgIpc) is 2.79. The van der Waals surface area contributed by atoms with E-state index < -0.39 is 20.0 Å². The summed E-state index contributed by atoms with van der Waals surface area (Å²) in [5.41, 5.74) is 0.954. The van der Waals surface area contributed by atoms with E-state index in [4.69, 9.17) is 4.74 Å². The van der Waals surface area contributed by atoms with Gasteiger partial charge in [0.1, 0.15) is 18.3 Å². The predicted molar refractivity (Wildman–Crippen MR) is 133 cm³/mol. The van der Waals surface area contributed by atoms with E-state index in [1.165, 1.54) is 22.0 Å². The molecule has 1 heterocycles. The van der Waals surface area contributed by atoms with Gasteiger partial charge >= 0.3 is 0 Å². The number of nitrogens with zero attached hydrogens (tertiary/aromatic N) is 1. The van der Waals surface area contributed by atoms with E-state index >= 15 is 0 Å². The molecule has 1 aromatic heterocycles. The van der Waals surface area contributed by atoms with Crippen LogP contribution in [0.1, 0.15) is 11.6 Å². The van der Waals surface area contributed by atoms with Gasteiger partial charge in [0, 0.05) is 18.0 Å². The molecular weight excluding hydrogens is 434 g/mol. The number of rotatable bonds is 8. The molecule has 8 heteroatoms. The quantitative estimate of drug-likeness (QED) is 0.503. The number of amides is 2. The van der Waals surface area contributed by atoms with Crippen molar-refractivity contribution in [2.75, 3.05) is 12.4 Å². The standard InChI is InChI=1S/C25H29N3O4Si/c1-32-20-12-8-18(9-13-20)24(27-22(29)17-28-16-6-5-7-23(28)30)25(31)26-19-10-14-21(15-11-19)33(2,3)4/h5-16,24H,17H2,1-4H3,(H,26,31)(H,27,29). The van der Waals surface area contributed by atoms with Crippen molar-refractivity contribution < 1.29 is 14.3 Å². The van der Waals surface area contributed by atoms with Crippen molar-refractivity contribution in [3.8, 4) is 5.75 Å². The zero-order valence-corrected chi connectivity index (χ0v) is 20.3. The Bertz CT molecular complexity index is 1170. The molecule has 0 fully saturated rings. The molecule has 33 heavy (non-hydrogen) atoms. The summed E-state index contributed by atoms with van der Waals surface area (Å²) in [6, 6.07) is 18.4. The Labute approximate surface area is 194 Å². The fraction of sp³-hybridized carbons (Fsp3) is 0.240. The van der Waals surface area contributed by atoms with E-state index in [0.29, 0.717) is 17.0 Å². The van der Waals surface area contributed by atoms with Crippen molar-refractivity contribution in [3.63, 3.8) is 0 Å². The number of aromatic nitrogens is 1. The first-order valence-corrected chi connectivity index (χ1v) is 14.2. The molecule has 2 aromatic carbocycles. The van der Waals surface area contributed by atoms with Crippen LogP contribution >= 0.6 is 0 Å². The van der Waals surface area contributed by atoms with Crippen LogP contribution in [0.3, 0.4) is 0 Å². The third-order valence-corrected chi connectivity index (χ3v) is 7.31. The lowest BCUT2D eigenvalue weighted by Crippen LogP contribution is -2.40. The van der Waals surface area contributed by atoms with Gasteiger partial charge in [-0.2, -0.15) is 0 Å². The normalized spacial score (nSPS) is 12.0. The van der Waals surface area contributed by atoms with Crippen LogP contribution in [0.25, 0.3) is 0 Å². The number of hydrogen-bond donors (Lipinski definition) is 2. The van der Waals surface area contributed by atoms with Gasteiger partial charge in [0.25, 0.3) is 11.5 Å². The fourth-order valence-corrected chi connectivity index (χ4v) is 4.48. The van der Waals surface area contributed by atoms with Crippen LogP contribution in [-0.2, 0) is 16.1 Å². The number of anilines is 1. The van der Waals surface area contributed by atoms with Gasteiger partial charge in [-0.05, 0) is 35.9 Å². The first-order valence-electron chi connectivity index (χ1n) is 10.7. The van der Waals surface area contributed by atoms with Crippen LogP contribution in [0, 0.1) is 0 Å². The Morgan fingerprint density at radius 3 is 2.21 bits per heavy atom. The summed E-state index contributed by atoms with van der Waals surface area (Å²) in [7, 11) is 0.105. The second kappa shape index (κ2) is 10.3. The number of hydrogen-bond acceptors (Lipinski definition) is 4. The lowest BCUT2D eigenvalue weighted by Gasteiger charge is -2.20. The van der Waals surface area contributed by atoms with Gasteiger partial charge in [-0.1, -0.05) is 55.2 Å². The zero-order valence-electron chi connectivity index (χ0n) is 19.3. The van der Waals surface area contributed by atoms with Gasteiger partial charge in [-0.15, -0.1) is 0 Å². The minimum atomic E-state index is -1.45. The second-order valence-electron chi connectivity index (χ2n) is 8.76. The van der Waals surface area contributed by atoms with Crippen LogP contribution in [0.4, 0.5) is 5.69 Å². The predicted octanol–water partition coefficient (Wildman–Crippen LogP) is 2.90. The van der Waals surface area contributed by atoms with E-state index in [1.54, 1.807) is 43.5 Å². The molecule has 3 aromatic rings. The molecule has 2 N–H and O–H groups in total. The summed E-state index contributed by atoms with van der Waals surface area (Å²) in [4.78, 5) is 37.8. The summed E-state index contributed by atoms with van der Waals surface area (Å²) < 4.78 is 6.48. The van der Waals surface area contributed by atoms with E-state index in [9.17, 15) is 14.4 Å². The van der Waals surface area contributed by atoms with Gasteiger partial charge in [0.15, 0.2) is 0 Å². The first kappa shape index (κ1) is 24.0. The Morgan fingerprint density at radius 1 is 0.970 bits per heavy atom. The topological polar surface area (TPSA) is 89.4 Å². The van der Waals surface area contributed by atoms with Gasteiger partial charge in [0.2, 0.25) is 5.91 Å². The smallest absolute Gasteiger partial charge is 0.251 e. The molecule has 7 nitrogen and oxygen atoms in total. The lowest BCUT2D eigenvalue weighted by molar-refractivity contribution is -0.127. The maximum atomic E-state index is 13.2. The molecule has 0 aliphatic heterocycles. The Hall–Kier alpha value is -3.65. The monoisotopic (exact) mass is 463 g/mol. The highest BCUT2D eigenvalue weighted by Crippen LogP contribution is 2.20. The molecule has 0 aliphatic carbocycles. The highest BCUT2D eigenvalue weighted by atomic mass is 28.3. The molecule has 0 saturated carbocycles. The van der Waals surface area contributed by atoms with Crippen LogP contribution in [0.15, 0.2) is 77.7 Å². The summed E-state index contributed by atoms with van der Waals surface area (Å²) in [5, 5.41) is 6.93. The average molecular weight is 464 g/mol. The third-order valence-electron chi connectivity index (χ3n) is 5.25. The largest absolute Gasteiger partial charge is 0.497 e. The number of pyridine rings is 1. The van der Waals surface area contributed by atoms with Crippen LogP contribution in [-0.4, -0.2) is 31.6 Å². The number of ether oxygens (including phenoxy) is 1. The SMILES string of the molecule is COc1ccc(C(NC(=O)Cn2ccccc2=O)C(=O)Nc2ccc([Si](C)(C)C)cc2)cc1. The van der Waals surface area contributed by atoms with Crippen LogP contribution in [0.5, 0.6) is 5.75 Å². The molecule has 0 spiro atoms. The van der Waals surface area contributed by atoms with Crippen molar-refractivity contribution in [2.24, 2.45) is 0 Å². The minimum Gasteiger partial charge on any atom is -0.497 e. The lowest BCUT2D eigenvalue weighted by atomic mass is 10.1. The van der Waals surface area contributed by atoms with Crippen LogP contribution < -0.4 is 26.1 Å². The number of carbonyl (C=O) groups excluding carboxylic acids is 2. The van der Waals surface area contributed by atoms with Crippen molar-refractivity contribution in [1.82, 2.24) is 9.88 Å². The number of nitrogens with one attached hydrogen (secondary N) is 2. The molecule has 0 aliphatic rings. The van der Waals surface area contributed by atoms with Crippen molar-refractivity contribution in [3.05, 3.63) is 88.8 Å². The molecule has 1 atom stereocenters. The Morgan fingerprint density at radius 2 is 1.64 bits per heavy atom. The molecular formula is C25H29N3O4Si. The van der Waals surface area contributed by atoms with Crippen molar-refractivity contribution >= 4 is 30.8 Å². The molecule has 172 valence electrons. The molecule has 0 saturated heterocycles.